The summed E-state index contributed by atoms with van der Waals surface area (Å²) in [5.41, 5.74) is 0.307. The highest BCUT2D eigenvalue weighted by atomic mass is 32.2. The van der Waals surface area contributed by atoms with Crippen molar-refractivity contribution < 1.29 is 28.0 Å². The molecule has 1 N–H and O–H groups in total. The molecule has 0 aromatic heterocycles. The minimum Gasteiger partial charge on any atom is -0.480 e. The average molecular weight is 289 g/mol. The largest absolute Gasteiger partial charge is 0.480 e. The highest BCUT2D eigenvalue weighted by Crippen LogP contribution is 2.15. The van der Waals surface area contributed by atoms with Crippen LogP contribution in [0.3, 0.4) is 0 Å². The summed E-state index contributed by atoms with van der Waals surface area (Å²) in [6, 6.07) is 5.71. The van der Waals surface area contributed by atoms with Gasteiger partial charge in [0.25, 0.3) is 0 Å². The molecule has 1 aromatic rings. The van der Waals surface area contributed by atoms with Crippen LogP contribution in [-0.2, 0) is 20.4 Å². The fraction of sp³-hybridized carbons (Fsp3) is 0.300. The number of sulfone groups is 1. The number of ether oxygens (including phenoxy) is 1. The van der Waals surface area contributed by atoms with Crippen molar-refractivity contribution in [3.05, 3.63) is 39.9 Å². The Bertz CT molecular complexity index is 581. The fourth-order valence-electron chi connectivity index (χ4n) is 1.35. The molecule has 0 bridgehead atoms. The number of hydrogen-bond acceptors (Lipinski definition) is 6. The van der Waals surface area contributed by atoms with Crippen molar-refractivity contribution in [1.29, 1.82) is 0 Å². The molecule has 0 spiro atoms. The van der Waals surface area contributed by atoms with Crippen LogP contribution in [-0.4, -0.2) is 36.9 Å². The van der Waals surface area contributed by atoms with Gasteiger partial charge in [0.05, 0.1) is 10.7 Å². The Labute approximate surface area is 108 Å². The van der Waals surface area contributed by atoms with E-state index in [1.54, 1.807) is 0 Å². The first-order valence-electron chi connectivity index (χ1n) is 5.04. The van der Waals surface area contributed by atoms with Crippen LogP contribution in [0.25, 0.3) is 0 Å². The summed E-state index contributed by atoms with van der Waals surface area (Å²) in [6.45, 7) is -0.731. The van der Waals surface area contributed by atoms with Gasteiger partial charge in [0.1, 0.15) is 11.5 Å². The molecule has 0 aliphatic carbocycles. The normalized spacial score (nSPS) is 10.9. The maximum Gasteiger partial charge on any atom is 0.344 e. The third-order valence-electron chi connectivity index (χ3n) is 1.97. The number of rotatable bonds is 7. The van der Waals surface area contributed by atoms with Gasteiger partial charge in [-0.25, -0.2) is 8.42 Å². The van der Waals surface area contributed by atoms with E-state index in [0.29, 0.717) is 5.56 Å². The van der Waals surface area contributed by atoms with Crippen molar-refractivity contribution in [3.8, 4) is 5.75 Å². The summed E-state index contributed by atoms with van der Waals surface area (Å²) in [7, 11) is -3.77. The third kappa shape index (κ3) is 5.82. The topological polar surface area (TPSA) is 124 Å². The van der Waals surface area contributed by atoms with Gasteiger partial charge in [-0.3, -0.25) is 14.9 Å². The Hall–Kier alpha value is -2.16. The molecule has 8 nitrogen and oxygen atoms in total. The fourth-order valence-corrected chi connectivity index (χ4v) is 2.51. The van der Waals surface area contributed by atoms with Gasteiger partial charge in [-0.05, 0) is 17.7 Å². The summed E-state index contributed by atoms with van der Waals surface area (Å²) in [6.07, 6.45) is 0. The Balaban J connectivity index is 2.77. The zero-order valence-corrected chi connectivity index (χ0v) is 10.5. The lowest BCUT2D eigenvalue weighted by atomic mass is 10.2. The van der Waals surface area contributed by atoms with Gasteiger partial charge in [0, 0.05) is 0 Å². The molecule has 0 saturated carbocycles. The standard InChI is InChI=1S/C10H11NO7S/c12-10(13)6-19(16,17)5-8-2-1-3-9(4-8)18-7-11(14)15/h1-4H,5-7H2,(H,12,13). The molecule has 19 heavy (non-hydrogen) atoms. The van der Waals surface area contributed by atoms with E-state index in [4.69, 9.17) is 9.84 Å². The molecule has 1 aromatic carbocycles. The van der Waals surface area contributed by atoms with Crippen molar-refractivity contribution >= 4 is 15.8 Å². The molecule has 0 aliphatic heterocycles. The first kappa shape index (κ1) is 14.9. The molecule has 0 saturated heterocycles. The lowest BCUT2D eigenvalue weighted by Gasteiger charge is -2.05. The van der Waals surface area contributed by atoms with Gasteiger partial charge in [-0.15, -0.1) is 0 Å². The van der Waals surface area contributed by atoms with Crippen molar-refractivity contribution in [2.24, 2.45) is 0 Å². The van der Waals surface area contributed by atoms with Crippen LogP contribution < -0.4 is 4.74 Å². The second-order valence-corrected chi connectivity index (χ2v) is 5.74. The lowest BCUT2D eigenvalue weighted by molar-refractivity contribution is -0.514. The van der Waals surface area contributed by atoms with Crippen molar-refractivity contribution in [2.45, 2.75) is 5.75 Å². The Morgan fingerprint density at radius 2 is 2.11 bits per heavy atom. The maximum atomic E-state index is 11.5. The van der Waals surface area contributed by atoms with E-state index in [-0.39, 0.29) is 5.75 Å². The molecule has 0 fully saturated rings. The molecule has 1 rings (SSSR count). The van der Waals surface area contributed by atoms with Crippen LogP contribution >= 0.6 is 0 Å². The number of aliphatic carboxylic acids is 1. The van der Waals surface area contributed by atoms with Crippen LogP contribution in [0.2, 0.25) is 0 Å². The number of nitrogens with zero attached hydrogens (tertiary/aromatic N) is 1. The van der Waals surface area contributed by atoms with Gasteiger partial charge in [-0.2, -0.15) is 0 Å². The first-order valence-corrected chi connectivity index (χ1v) is 6.86. The van der Waals surface area contributed by atoms with Crippen LogP contribution in [0.5, 0.6) is 5.75 Å². The maximum absolute atomic E-state index is 11.5. The van der Waals surface area contributed by atoms with Gasteiger partial charge in [0.15, 0.2) is 9.84 Å². The molecular weight excluding hydrogens is 278 g/mol. The molecule has 104 valence electrons. The van der Waals surface area contributed by atoms with Gasteiger partial charge in [-0.1, -0.05) is 12.1 Å². The van der Waals surface area contributed by atoms with Crippen LogP contribution in [0.15, 0.2) is 24.3 Å². The molecule has 9 heteroatoms. The quantitative estimate of drug-likeness (QED) is 0.435. The number of benzene rings is 1. The third-order valence-corrected chi connectivity index (χ3v) is 3.42. The van der Waals surface area contributed by atoms with E-state index in [0.717, 1.165) is 0 Å². The van der Waals surface area contributed by atoms with E-state index >= 15 is 0 Å². The zero-order chi connectivity index (χ0) is 14.5. The monoisotopic (exact) mass is 289 g/mol. The molecule has 0 radical (unpaired) electrons. The van der Waals surface area contributed by atoms with E-state index in [9.17, 15) is 23.3 Å². The van der Waals surface area contributed by atoms with Gasteiger partial charge in [0.2, 0.25) is 0 Å². The van der Waals surface area contributed by atoms with Gasteiger partial charge < -0.3 is 9.84 Å². The smallest absolute Gasteiger partial charge is 0.344 e. The summed E-state index contributed by atoms with van der Waals surface area (Å²) < 4.78 is 27.7. The predicted molar refractivity (Wildman–Crippen MR) is 64.1 cm³/mol. The molecule has 0 aliphatic rings. The summed E-state index contributed by atoms with van der Waals surface area (Å²) >= 11 is 0. The minimum absolute atomic E-state index is 0.153. The van der Waals surface area contributed by atoms with E-state index < -0.39 is 39.0 Å². The first-order chi connectivity index (χ1) is 8.78. The number of hydrogen-bond donors (Lipinski definition) is 1. The predicted octanol–water partition coefficient (Wildman–Crippen LogP) is 0.299. The van der Waals surface area contributed by atoms with Crippen molar-refractivity contribution in [3.63, 3.8) is 0 Å². The molecule has 0 atom stereocenters. The number of carbonyl (C=O) groups is 1. The highest BCUT2D eigenvalue weighted by Gasteiger charge is 2.17. The second-order valence-electron chi connectivity index (χ2n) is 3.68. The van der Waals surface area contributed by atoms with E-state index in [1.807, 2.05) is 0 Å². The van der Waals surface area contributed by atoms with Gasteiger partial charge >= 0.3 is 12.7 Å². The summed E-state index contributed by atoms with van der Waals surface area (Å²) in [4.78, 5) is 19.8. The van der Waals surface area contributed by atoms with Crippen molar-refractivity contribution in [2.75, 3.05) is 12.5 Å². The molecular formula is C10H11NO7S. The highest BCUT2D eigenvalue weighted by molar-refractivity contribution is 7.91. The SMILES string of the molecule is O=C(O)CS(=O)(=O)Cc1cccc(OC[N+](=O)[O-])c1. The van der Waals surface area contributed by atoms with Crippen LogP contribution in [0.1, 0.15) is 5.56 Å². The lowest BCUT2D eigenvalue weighted by Crippen LogP contribution is -2.17. The molecule has 0 amide bonds. The van der Waals surface area contributed by atoms with Crippen LogP contribution in [0.4, 0.5) is 0 Å². The molecule has 0 unspecified atom stereocenters. The Morgan fingerprint density at radius 3 is 2.68 bits per heavy atom. The van der Waals surface area contributed by atoms with Crippen LogP contribution in [0, 0.1) is 10.1 Å². The minimum atomic E-state index is -3.77. The number of carboxylic acid groups (broad SMARTS) is 1. The second kappa shape index (κ2) is 6.14. The van der Waals surface area contributed by atoms with Crippen molar-refractivity contribution in [1.82, 2.24) is 0 Å². The average Bonchev–Trinajstić information content (AvgIpc) is 2.24. The zero-order valence-electron chi connectivity index (χ0n) is 9.68. The molecule has 0 heterocycles. The summed E-state index contributed by atoms with van der Waals surface area (Å²) in [5.74, 6) is -2.71. The van der Waals surface area contributed by atoms with E-state index in [1.165, 1.54) is 24.3 Å². The van der Waals surface area contributed by atoms with E-state index in [2.05, 4.69) is 0 Å². The number of carboxylic acids is 1. The summed E-state index contributed by atoms with van der Waals surface area (Å²) in [5, 5.41) is 18.6. The number of nitro groups is 1. The Kier molecular flexibility index (Phi) is 4.81. The Morgan fingerprint density at radius 1 is 1.42 bits per heavy atom.